The van der Waals surface area contributed by atoms with Crippen LogP contribution in [-0.2, 0) is 4.79 Å². The first-order chi connectivity index (χ1) is 7.70. The van der Waals surface area contributed by atoms with Gasteiger partial charge in [-0.1, -0.05) is 20.3 Å². The van der Waals surface area contributed by atoms with Crippen LogP contribution in [0.3, 0.4) is 0 Å². The topological polar surface area (TPSA) is 70.2 Å². The molecule has 0 unspecified atom stereocenters. The first kappa shape index (κ1) is 14.7. The molecule has 0 rings (SSSR count). The van der Waals surface area contributed by atoms with Gasteiger partial charge in [0.2, 0.25) is 5.91 Å². The second kappa shape index (κ2) is 10.3. The lowest BCUT2D eigenvalue weighted by Gasteiger charge is -2.07. The van der Waals surface area contributed by atoms with E-state index in [9.17, 15) is 9.59 Å². The molecule has 0 aromatic carbocycles. The molecule has 0 radical (unpaired) electrons. The highest BCUT2D eigenvalue weighted by molar-refractivity contribution is 5.78. The SMILES string of the molecule is CCCCNC(=O)NCCC(=O)NCCC. The summed E-state index contributed by atoms with van der Waals surface area (Å²) in [6.07, 6.45) is 3.29. The Morgan fingerprint density at radius 1 is 0.875 bits per heavy atom. The summed E-state index contributed by atoms with van der Waals surface area (Å²) in [6, 6.07) is -0.197. The van der Waals surface area contributed by atoms with Crippen LogP contribution in [0.25, 0.3) is 0 Å². The molecule has 0 aromatic rings. The lowest BCUT2D eigenvalue weighted by molar-refractivity contribution is -0.120. The van der Waals surface area contributed by atoms with Crippen LogP contribution < -0.4 is 16.0 Å². The minimum Gasteiger partial charge on any atom is -0.356 e. The third kappa shape index (κ3) is 9.30. The summed E-state index contributed by atoms with van der Waals surface area (Å²) in [5.41, 5.74) is 0. The molecule has 94 valence electrons. The summed E-state index contributed by atoms with van der Waals surface area (Å²) in [5.74, 6) is -0.0179. The van der Waals surface area contributed by atoms with Crippen molar-refractivity contribution in [2.45, 2.75) is 39.5 Å². The predicted molar refractivity (Wildman–Crippen MR) is 64.2 cm³/mol. The molecule has 0 atom stereocenters. The zero-order valence-corrected chi connectivity index (χ0v) is 10.3. The average molecular weight is 229 g/mol. The maximum absolute atomic E-state index is 11.2. The van der Waals surface area contributed by atoms with Gasteiger partial charge < -0.3 is 16.0 Å². The van der Waals surface area contributed by atoms with Gasteiger partial charge in [0.15, 0.2) is 0 Å². The van der Waals surface area contributed by atoms with Gasteiger partial charge in [0.05, 0.1) is 0 Å². The fourth-order valence-corrected chi connectivity index (χ4v) is 1.08. The standard InChI is InChI=1S/C11H23N3O2/c1-3-5-8-13-11(16)14-9-6-10(15)12-7-4-2/h3-9H2,1-2H3,(H,12,15)(H2,13,14,16). The predicted octanol–water partition coefficient (Wildman–Crippen LogP) is 1.00. The first-order valence-corrected chi connectivity index (χ1v) is 5.99. The Morgan fingerprint density at radius 3 is 2.19 bits per heavy atom. The Balaban J connectivity index is 3.36. The fraction of sp³-hybridized carbons (Fsp3) is 0.818. The van der Waals surface area contributed by atoms with Crippen LogP contribution >= 0.6 is 0 Å². The minimum atomic E-state index is -0.197. The van der Waals surface area contributed by atoms with Crippen molar-refractivity contribution in [3.63, 3.8) is 0 Å². The fourth-order valence-electron chi connectivity index (χ4n) is 1.08. The highest BCUT2D eigenvalue weighted by atomic mass is 16.2. The Labute approximate surface area is 97.4 Å². The van der Waals surface area contributed by atoms with E-state index < -0.39 is 0 Å². The quantitative estimate of drug-likeness (QED) is 0.543. The number of hydrogen-bond donors (Lipinski definition) is 3. The molecule has 5 nitrogen and oxygen atoms in total. The number of rotatable bonds is 8. The molecule has 0 bridgehead atoms. The van der Waals surface area contributed by atoms with E-state index in [2.05, 4.69) is 22.9 Å². The van der Waals surface area contributed by atoms with E-state index in [0.29, 0.717) is 26.1 Å². The van der Waals surface area contributed by atoms with Crippen molar-refractivity contribution in [1.82, 2.24) is 16.0 Å². The van der Waals surface area contributed by atoms with E-state index in [0.717, 1.165) is 19.3 Å². The van der Waals surface area contributed by atoms with Crippen molar-refractivity contribution < 1.29 is 9.59 Å². The zero-order chi connectivity index (χ0) is 12.2. The molecule has 3 amide bonds. The van der Waals surface area contributed by atoms with Gasteiger partial charge in [-0.25, -0.2) is 4.79 Å². The molecule has 0 aliphatic carbocycles. The van der Waals surface area contributed by atoms with Gasteiger partial charge in [-0.15, -0.1) is 0 Å². The Morgan fingerprint density at radius 2 is 1.56 bits per heavy atom. The maximum atomic E-state index is 11.2. The second-order valence-corrected chi connectivity index (χ2v) is 3.64. The molecule has 0 aromatic heterocycles. The van der Waals surface area contributed by atoms with Crippen LogP contribution in [0.15, 0.2) is 0 Å². The molecule has 0 fully saturated rings. The number of unbranched alkanes of at least 4 members (excludes halogenated alkanes) is 1. The average Bonchev–Trinajstić information content (AvgIpc) is 2.26. The van der Waals surface area contributed by atoms with Crippen molar-refractivity contribution in [1.29, 1.82) is 0 Å². The maximum Gasteiger partial charge on any atom is 0.314 e. The van der Waals surface area contributed by atoms with Crippen LogP contribution in [-0.4, -0.2) is 31.6 Å². The molecule has 0 aliphatic rings. The minimum absolute atomic E-state index is 0.0179. The molecule has 0 spiro atoms. The van der Waals surface area contributed by atoms with Gasteiger partial charge in [0.1, 0.15) is 0 Å². The van der Waals surface area contributed by atoms with Crippen molar-refractivity contribution in [2.75, 3.05) is 19.6 Å². The molecule has 0 aliphatic heterocycles. The van der Waals surface area contributed by atoms with Crippen LogP contribution in [0.1, 0.15) is 39.5 Å². The largest absolute Gasteiger partial charge is 0.356 e. The summed E-state index contributed by atoms with van der Waals surface area (Å²) >= 11 is 0. The molecular formula is C11H23N3O2. The summed E-state index contributed by atoms with van der Waals surface area (Å²) in [5, 5.41) is 8.10. The Bertz CT molecular complexity index is 207. The lowest BCUT2D eigenvalue weighted by Crippen LogP contribution is -2.38. The van der Waals surface area contributed by atoms with E-state index in [1.165, 1.54) is 0 Å². The van der Waals surface area contributed by atoms with Crippen molar-refractivity contribution in [3.05, 3.63) is 0 Å². The van der Waals surface area contributed by atoms with E-state index in [4.69, 9.17) is 0 Å². The van der Waals surface area contributed by atoms with E-state index in [-0.39, 0.29) is 11.9 Å². The molecule has 0 saturated heterocycles. The molecule has 0 heterocycles. The lowest BCUT2D eigenvalue weighted by atomic mass is 10.3. The van der Waals surface area contributed by atoms with Gasteiger partial charge in [-0.3, -0.25) is 4.79 Å². The van der Waals surface area contributed by atoms with Gasteiger partial charge in [-0.2, -0.15) is 0 Å². The summed E-state index contributed by atoms with van der Waals surface area (Å²) in [4.78, 5) is 22.3. The van der Waals surface area contributed by atoms with E-state index in [1.807, 2.05) is 6.92 Å². The first-order valence-electron chi connectivity index (χ1n) is 5.99. The monoisotopic (exact) mass is 229 g/mol. The van der Waals surface area contributed by atoms with Crippen LogP contribution in [0, 0.1) is 0 Å². The van der Waals surface area contributed by atoms with Gasteiger partial charge >= 0.3 is 6.03 Å². The Hall–Kier alpha value is -1.26. The molecule has 5 heteroatoms. The molecule has 0 saturated carbocycles. The van der Waals surface area contributed by atoms with Gasteiger partial charge in [-0.05, 0) is 12.8 Å². The number of hydrogen-bond acceptors (Lipinski definition) is 2. The van der Waals surface area contributed by atoms with Crippen molar-refractivity contribution >= 4 is 11.9 Å². The van der Waals surface area contributed by atoms with Crippen molar-refractivity contribution in [2.24, 2.45) is 0 Å². The van der Waals surface area contributed by atoms with Crippen LogP contribution in [0.4, 0.5) is 4.79 Å². The zero-order valence-electron chi connectivity index (χ0n) is 10.3. The highest BCUT2D eigenvalue weighted by Gasteiger charge is 2.02. The summed E-state index contributed by atoms with van der Waals surface area (Å²) < 4.78 is 0. The van der Waals surface area contributed by atoms with E-state index in [1.54, 1.807) is 0 Å². The van der Waals surface area contributed by atoms with Crippen LogP contribution in [0.2, 0.25) is 0 Å². The molecule has 3 N–H and O–H groups in total. The number of carbonyl (C=O) groups excluding carboxylic acids is 2. The van der Waals surface area contributed by atoms with E-state index >= 15 is 0 Å². The number of amides is 3. The van der Waals surface area contributed by atoms with Crippen LogP contribution in [0.5, 0.6) is 0 Å². The number of carbonyl (C=O) groups is 2. The third-order valence-corrected chi connectivity index (χ3v) is 2.03. The highest BCUT2D eigenvalue weighted by Crippen LogP contribution is 1.83. The smallest absolute Gasteiger partial charge is 0.314 e. The van der Waals surface area contributed by atoms with Crippen molar-refractivity contribution in [3.8, 4) is 0 Å². The number of urea groups is 1. The molecule has 16 heavy (non-hydrogen) atoms. The normalized spacial score (nSPS) is 9.62. The third-order valence-electron chi connectivity index (χ3n) is 2.03. The summed E-state index contributed by atoms with van der Waals surface area (Å²) in [6.45, 7) is 5.83. The molecular weight excluding hydrogens is 206 g/mol. The number of nitrogens with one attached hydrogen (secondary N) is 3. The summed E-state index contributed by atoms with van der Waals surface area (Å²) in [7, 11) is 0. The second-order valence-electron chi connectivity index (χ2n) is 3.64. The van der Waals surface area contributed by atoms with Gasteiger partial charge in [0, 0.05) is 26.1 Å². The van der Waals surface area contributed by atoms with Gasteiger partial charge in [0.25, 0.3) is 0 Å². The Kier molecular flexibility index (Phi) is 9.46.